The average molecular weight is 387 g/mol. The highest BCUT2D eigenvalue weighted by molar-refractivity contribution is 7.88. The summed E-state index contributed by atoms with van der Waals surface area (Å²) in [7, 11) is -3.18. The van der Waals surface area contributed by atoms with Crippen LogP contribution in [0.5, 0.6) is 5.75 Å². The number of nitrogens with one attached hydrogen (secondary N) is 1. The first-order chi connectivity index (χ1) is 11.9. The molecule has 1 aromatic rings. The third-order valence-corrected chi connectivity index (χ3v) is 5.65. The Morgan fingerprint density at radius 1 is 1.40 bits per heavy atom. The van der Waals surface area contributed by atoms with E-state index in [1.54, 1.807) is 0 Å². The number of nitrogens with zero attached hydrogens (tertiary/aromatic N) is 4. The Balaban J connectivity index is 1.64. The van der Waals surface area contributed by atoms with Gasteiger partial charge in [0, 0.05) is 38.8 Å². The number of sulfonamides is 1. The molecule has 0 atom stereocenters. The van der Waals surface area contributed by atoms with Gasteiger partial charge in [0.05, 0.1) is 18.6 Å². The van der Waals surface area contributed by atoms with Gasteiger partial charge in [-0.2, -0.15) is 9.41 Å². The van der Waals surface area contributed by atoms with Crippen LogP contribution in [0.1, 0.15) is 12.1 Å². The molecular weight excluding hydrogens is 369 g/mol. The molecule has 1 aromatic heterocycles. The quantitative estimate of drug-likeness (QED) is 0.571. The van der Waals surface area contributed by atoms with Crippen molar-refractivity contribution in [1.82, 2.24) is 19.6 Å². The Morgan fingerprint density at radius 3 is 2.80 bits per heavy atom. The number of ether oxygens (including phenoxy) is 1. The highest BCUT2D eigenvalue weighted by Crippen LogP contribution is 2.25. The van der Waals surface area contributed by atoms with Crippen molar-refractivity contribution in [3.63, 3.8) is 0 Å². The van der Waals surface area contributed by atoms with Crippen LogP contribution in [0.2, 0.25) is 0 Å². The summed E-state index contributed by atoms with van der Waals surface area (Å²) in [5, 5.41) is 4.64. The normalized spacial score (nSPS) is 20.1. The molecule has 0 aliphatic carbocycles. The third kappa shape index (κ3) is 4.05. The van der Waals surface area contributed by atoms with E-state index in [-0.39, 0.29) is 5.75 Å². The van der Waals surface area contributed by atoms with Gasteiger partial charge in [-0.1, -0.05) is 0 Å². The Morgan fingerprint density at radius 2 is 2.12 bits per heavy atom. The molecule has 1 saturated heterocycles. The maximum Gasteiger partial charge on any atom is 0.211 e. The molecule has 0 radical (unpaired) electrons. The number of piperazine rings is 1. The first-order valence-corrected chi connectivity index (χ1v) is 9.96. The van der Waals surface area contributed by atoms with Gasteiger partial charge in [0.2, 0.25) is 10.0 Å². The molecule has 1 N–H and O–H groups in total. The monoisotopic (exact) mass is 387 g/mol. The van der Waals surface area contributed by atoms with E-state index in [1.165, 1.54) is 22.8 Å². The summed E-state index contributed by atoms with van der Waals surface area (Å²) in [5.41, 5.74) is 3.73. The lowest BCUT2D eigenvalue weighted by atomic mass is 10.1. The van der Waals surface area contributed by atoms with Gasteiger partial charge in [-0.15, -0.1) is 0 Å². The molecule has 0 amide bonds. The van der Waals surface area contributed by atoms with Crippen LogP contribution >= 0.6 is 12.2 Å². The Bertz CT molecular complexity index is 807. The van der Waals surface area contributed by atoms with Gasteiger partial charge in [0.25, 0.3) is 0 Å². The largest absolute Gasteiger partial charge is 0.488 e. The van der Waals surface area contributed by atoms with E-state index < -0.39 is 15.8 Å². The number of fused-ring (bicyclic) bond motifs is 1. The fourth-order valence-corrected chi connectivity index (χ4v) is 3.71. The van der Waals surface area contributed by atoms with Crippen LogP contribution < -0.4 is 10.2 Å². The lowest BCUT2D eigenvalue weighted by molar-refractivity contribution is 0.265. The van der Waals surface area contributed by atoms with Gasteiger partial charge in [-0.05, 0) is 18.3 Å². The molecule has 0 aromatic carbocycles. The van der Waals surface area contributed by atoms with E-state index in [0.717, 1.165) is 0 Å². The Kier molecular flexibility index (Phi) is 5.16. The number of hydrogen-bond donors (Lipinski definition) is 1. The van der Waals surface area contributed by atoms with Crippen molar-refractivity contribution in [3.8, 4) is 5.75 Å². The first kappa shape index (κ1) is 18.0. The predicted octanol–water partition coefficient (Wildman–Crippen LogP) is 0.159. The molecule has 0 spiro atoms. The number of pyridine rings is 1. The molecular formula is C14H18FN5O3S2. The van der Waals surface area contributed by atoms with E-state index in [0.29, 0.717) is 55.7 Å². The van der Waals surface area contributed by atoms with Gasteiger partial charge in [0.1, 0.15) is 5.69 Å². The molecule has 0 bridgehead atoms. The molecule has 0 unspecified atom stereocenters. The van der Waals surface area contributed by atoms with Crippen LogP contribution in [0, 0.1) is 5.82 Å². The zero-order valence-electron chi connectivity index (χ0n) is 13.6. The summed E-state index contributed by atoms with van der Waals surface area (Å²) in [6.07, 6.45) is 3.04. The molecule has 1 fully saturated rings. The maximum atomic E-state index is 13.7. The van der Waals surface area contributed by atoms with Gasteiger partial charge in [0.15, 0.2) is 16.7 Å². The van der Waals surface area contributed by atoms with Crippen molar-refractivity contribution in [2.45, 2.75) is 6.42 Å². The molecule has 3 rings (SSSR count). The minimum Gasteiger partial charge on any atom is -0.488 e. The lowest BCUT2D eigenvalue weighted by Crippen LogP contribution is -2.52. The average Bonchev–Trinajstić information content (AvgIpc) is 2.59. The topological polar surface area (TPSA) is 87.1 Å². The minimum atomic E-state index is -3.18. The third-order valence-electron chi connectivity index (χ3n) is 4.00. The van der Waals surface area contributed by atoms with Crippen LogP contribution in [0.15, 0.2) is 17.4 Å². The van der Waals surface area contributed by atoms with Gasteiger partial charge >= 0.3 is 0 Å². The van der Waals surface area contributed by atoms with E-state index in [9.17, 15) is 12.8 Å². The summed E-state index contributed by atoms with van der Waals surface area (Å²) < 4.78 is 43.5. The number of thiocarbonyl (C=S) groups is 1. The molecule has 0 saturated carbocycles. The van der Waals surface area contributed by atoms with Crippen LogP contribution in [-0.2, 0) is 10.0 Å². The zero-order valence-corrected chi connectivity index (χ0v) is 15.2. The standard InChI is InChI=1S/C14H18FN5O3S2/c1-25(21,22)20-7-5-19(6-8-20)14(24)18-17-11-3-9-23-13-10(15)2-4-16-12(11)13/h2,4H,3,5-9H2,1H3,(H,18,24)/b17-11-. The molecule has 2 aliphatic rings. The predicted molar refractivity (Wildman–Crippen MR) is 94.6 cm³/mol. The summed E-state index contributed by atoms with van der Waals surface area (Å²) in [5.74, 6) is -0.376. The second kappa shape index (κ2) is 7.18. The number of hydrazone groups is 1. The fraction of sp³-hybridized carbons (Fsp3) is 0.500. The van der Waals surface area contributed by atoms with Crippen molar-refractivity contribution in [2.75, 3.05) is 39.0 Å². The highest BCUT2D eigenvalue weighted by atomic mass is 32.2. The van der Waals surface area contributed by atoms with Crippen molar-refractivity contribution >= 4 is 33.1 Å². The number of halogens is 1. The number of aromatic nitrogens is 1. The van der Waals surface area contributed by atoms with E-state index in [2.05, 4.69) is 15.5 Å². The van der Waals surface area contributed by atoms with Crippen molar-refractivity contribution in [3.05, 3.63) is 23.8 Å². The smallest absolute Gasteiger partial charge is 0.211 e. The molecule has 25 heavy (non-hydrogen) atoms. The molecule has 2 aliphatic heterocycles. The van der Waals surface area contributed by atoms with Crippen molar-refractivity contribution in [2.24, 2.45) is 5.10 Å². The fourth-order valence-electron chi connectivity index (χ4n) is 2.65. The van der Waals surface area contributed by atoms with Crippen LogP contribution in [0.4, 0.5) is 4.39 Å². The molecule has 136 valence electrons. The van der Waals surface area contributed by atoms with Crippen LogP contribution in [0.25, 0.3) is 0 Å². The summed E-state index contributed by atoms with van der Waals surface area (Å²) in [6.45, 7) is 2.03. The van der Waals surface area contributed by atoms with Gasteiger partial charge in [-0.25, -0.2) is 12.8 Å². The highest BCUT2D eigenvalue weighted by Gasteiger charge is 2.25. The second-order valence-electron chi connectivity index (χ2n) is 5.69. The van der Waals surface area contributed by atoms with Crippen LogP contribution in [-0.4, -0.2) is 72.5 Å². The first-order valence-electron chi connectivity index (χ1n) is 7.70. The maximum absolute atomic E-state index is 13.7. The molecule has 8 nitrogen and oxygen atoms in total. The molecule has 11 heteroatoms. The summed E-state index contributed by atoms with van der Waals surface area (Å²) in [6, 6.07) is 1.24. The van der Waals surface area contributed by atoms with Crippen LogP contribution in [0.3, 0.4) is 0 Å². The SMILES string of the molecule is CS(=O)(=O)N1CCN(C(=S)N/N=C2/CCOc3c(F)ccnc32)CC1. The zero-order chi connectivity index (χ0) is 18.0. The van der Waals surface area contributed by atoms with E-state index in [1.807, 2.05) is 4.90 Å². The van der Waals surface area contributed by atoms with E-state index >= 15 is 0 Å². The lowest BCUT2D eigenvalue weighted by Gasteiger charge is -2.34. The summed E-state index contributed by atoms with van der Waals surface area (Å²) in [4.78, 5) is 5.97. The summed E-state index contributed by atoms with van der Waals surface area (Å²) >= 11 is 5.31. The second-order valence-corrected chi connectivity index (χ2v) is 8.06. The van der Waals surface area contributed by atoms with Gasteiger partial charge in [-0.3, -0.25) is 10.4 Å². The Hall–Kier alpha value is -1.85. The number of rotatable bonds is 2. The Labute approximate surface area is 150 Å². The van der Waals surface area contributed by atoms with E-state index in [4.69, 9.17) is 17.0 Å². The molecule has 3 heterocycles. The van der Waals surface area contributed by atoms with Crippen molar-refractivity contribution in [1.29, 1.82) is 0 Å². The number of hydrogen-bond acceptors (Lipinski definition) is 6. The van der Waals surface area contributed by atoms with Crippen molar-refractivity contribution < 1.29 is 17.5 Å². The van der Waals surface area contributed by atoms with Gasteiger partial charge < -0.3 is 9.64 Å². The minimum absolute atomic E-state index is 0.0991.